The van der Waals surface area contributed by atoms with Gasteiger partial charge in [-0.15, -0.1) is 11.3 Å². The van der Waals surface area contributed by atoms with E-state index in [0.717, 1.165) is 50.5 Å². The summed E-state index contributed by atoms with van der Waals surface area (Å²) in [4.78, 5) is 38.6. The van der Waals surface area contributed by atoms with Gasteiger partial charge >= 0.3 is 5.97 Å². The standard InChI is InChI=1S/C21H28N2O4S/c1-11-6-9-15-16(10-11)28-20(17(15)19(25)22-12-7-8-12)23-18(24)13-4-2-3-5-14(13)21(26)27/h11-14H,2-10H2,1H3,(H,22,25)(H,23,24)(H,26,27). The van der Waals surface area contributed by atoms with E-state index in [0.29, 0.717) is 29.3 Å². The van der Waals surface area contributed by atoms with Crippen molar-refractivity contribution >= 4 is 34.1 Å². The molecule has 2 fully saturated rings. The molecule has 2 saturated carbocycles. The summed E-state index contributed by atoms with van der Waals surface area (Å²) in [5.74, 6) is -1.83. The van der Waals surface area contributed by atoms with E-state index < -0.39 is 17.8 Å². The number of thiophene rings is 1. The van der Waals surface area contributed by atoms with Gasteiger partial charge in [-0.05, 0) is 56.4 Å². The Bertz CT molecular complexity index is 799. The van der Waals surface area contributed by atoms with Crippen molar-refractivity contribution in [3.63, 3.8) is 0 Å². The van der Waals surface area contributed by atoms with Gasteiger partial charge in [0.25, 0.3) is 5.91 Å². The molecule has 6 nitrogen and oxygen atoms in total. The molecule has 0 aliphatic heterocycles. The van der Waals surface area contributed by atoms with Crippen molar-refractivity contribution in [1.29, 1.82) is 0 Å². The number of anilines is 1. The molecule has 7 heteroatoms. The van der Waals surface area contributed by atoms with Crippen molar-refractivity contribution in [2.75, 3.05) is 5.32 Å². The number of carboxylic acid groups (broad SMARTS) is 1. The average Bonchev–Trinajstić information content (AvgIpc) is 3.40. The molecule has 1 aromatic rings. The number of carboxylic acids is 1. The number of hydrogen-bond acceptors (Lipinski definition) is 4. The van der Waals surface area contributed by atoms with Crippen molar-refractivity contribution in [3.8, 4) is 0 Å². The van der Waals surface area contributed by atoms with Crippen molar-refractivity contribution in [3.05, 3.63) is 16.0 Å². The van der Waals surface area contributed by atoms with E-state index in [-0.39, 0.29) is 17.9 Å². The SMILES string of the molecule is CC1CCc2c(sc(NC(=O)C3CCCCC3C(=O)O)c2C(=O)NC2CC2)C1. The van der Waals surface area contributed by atoms with Gasteiger partial charge in [0.1, 0.15) is 5.00 Å². The highest BCUT2D eigenvalue weighted by Gasteiger charge is 2.37. The third-order valence-electron chi connectivity index (χ3n) is 6.31. The van der Waals surface area contributed by atoms with Crippen molar-refractivity contribution in [1.82, 2.24) is 5.32 Å². The van der Waals surface area contributed by atoms with Gasteiger partial charge in [-0.25, -0.2) is 0 Å². The van der Waals surface area contributed by atoms with Crippen LogP contribution >= 0.6 is 11.3 Å². The Morgan fingerprint density at radius 1 is 1.04 bits per heavy atom. The molecule has 3 unspecified atom stereocenters. The van der Waals surface area contributed by atoms with E-state index in [4.69, 9.17) is 0 Å². The number of nitrogens with one attached hydrogen (secondary N) is 2. The summed E-state index contributed by atoms with van der Waals surface area (Å²) in [5, 5.41) is 16.1. The fourth-order valence-electron chi connectivity index (χ4n) is 4.51. The van der Waals surface area contributed by atoms with Crippen LogP contribution in [0.1, 0.15) is 72.7 Å². The fraction of sp³-hybridized carbons (Fsp3) is 0.667. The van der Waals surface area contributed by atoms with Crippen molar-refractivity contribution < 1.29 is 19.5 Å². The van der Waals surface area contributed by atoms with Gasteiger partial charge in [-0.2, -0.15) is 0 Å². The molecule has 1 aromatic heterocycles. The van der Waals surface area contributed by atoms with Gasteiger partial charge < -0.3 is 15.7 Å². The third-order valence-corrected chi connectivity index (χ3v) is 7.48. The molecule has 0 saturated heterocycles. The van der Waals surface area contributed by atoms with E-state index in [1.54, 1.807) is 0 Å². The summed E-state index contributed by atoms with van der Waals surface area (Å²) in [6, 6.07) is 0.254. The first kappa shape index (κ1) is 19.4. The monoisotopic (exact) mass is 404 g/mol. The van der Waals surface area contributed by atoms with Crippen LogP contribution < -0.4 is 10.6 Å². The van der Waals surface area contributed by atoms with Gasteiger partial charge in [-0.3, -0.25) is 14.4 Å². The second-order valence-electron chi connectivity index (χ2n) is 8.63. The van der Waals surface area contributed by atoms with Gasteiger partial charge in [0, 0.05) is 10.9 Å². The molecular formula is C21H28N2O4S. The number of hydrogen-bond donors (Lipinski definition) is 3. The van der Waals surface area contributed by atoms with Crippen LogP contribution in [0.5, 0.6) is 0 Å². The van der Waals surface area contributed by atoms with Gasteiger partial charge in [0.2, 0.25) is 5.91 Å². The average molecular weight is 405 g/mol. The number of carbonyl (C=O) groups is 3. The molecule has 0 bridgehead atoms. The number of rotatable bonds is 5. The molecule has 28 heavy (non-hydrogen) atoms. The first-order valence-electron chi connectivity index (χ1n) is 10.4. The minimum atomic E-state index is -0.897. The predicted octanol–water partition coefficient (Wildman–Crippen LogP) is 3.59. The topological polar surface area (TPSA) is 95.5 Å². The van der Waals surface area contributed by atoms with E-state index >= 15 is 0 Å². The smallest absolute Gasteiger partial charge is 0.307 e. The minimum Gasteiger partial charge on any atom is -0.481 e. The third kappa shape index (κ3) is 3.95. The second-order valence-corrected chi connectivity index (χ2v) is 9.73. The van der Waals surface area contributed by atoms with Crippen LogP contribution in [-0.4, -0.2) is 28.9 Å². The summed E-state index contributed by atoms with van der Waals surface area (Å²) in [6.07, 6.45) is 7.72. The Morgan fingerprint density at radius 2 is 1.75 bits per heavy atom. The lowest BCUT2D eigenvalue weighted by Crippen LogP contribution is -2.36. The molecule has 0 aromatic carbocycles. The van der Waals surface area contributed by atoms with Crippen LogP contribution in [0.4, 0.5) is 5.00 Å². The Hall–Kier alpha value is -1.89. The summed E-state index contributed by atoms with van der Waals surface area (Å²) >= 11 is 1.50. The molecule has 3 N–H and O–H groups in total. The number of aliphatic carboxylic acids is 1. The molecule has 152 valence electrons. The minimum absolute atomic E-state index is 0.0942. The fourth-order valence-corrected chi connectivity index (χ4v) is 5.92. The van der Waals surface area contributed by atoms with Crippen LogP contribution in [0.2, 0.25) is 0 Å². The normalized spacial score (nSPS) is 27.0. The molecule has 3 aliphatic carbocycles. The Kier molecular flexibility index (Phi) is 5.45. The van der Waals surface area contributed by atoms with Crippen LogP contribution in [0.15, 0.2) is 0 Å². The first-order valence-corrected chi connectivity index (χ1v) is 11.2. The summed E-state index contributed by atoms with van der Waals surface area (Å²) in [5.41, 5.74) is 1.70. The molecule has 0 radical (unpaired) electrons. The number of fused-ring (bicyclic) bond motifs is 1. The number of amides is 2. The predicted molar refractivity (Wildman–Crippen MR) is 108 cm³/mol. The molecule has 4 rings (SSSR count). The summed E-state index contributed by atoms with van der Waals surface area (Å²) < 4.78 is 0. The maximum atomic E-state index is 13.0. The molecular weight excluding hydrogens is 376 g/mol. The quantitative estimate of drug-likeness (QED) is 0.699. The zero-order chi connectivity index (χ0) is 19.8. The van der Waals surface area contributed by atoms with Crippen LogP contribution in [0.3, 0.4) is 0 Å². The second kappa shape index (κ2) is 7.85. The van der Waals surface area contributed by atoms with Gasteiger partial charge in [-0.1, -0.05) is 19.8 Å². The zero-order valence-corrected chi connectivity index (χ0v) is 17.1. The maximum absolute atomic E-state index is 13.0. The van der Waals surface area contributed by atoms with Gasteiger partial charge in [0.05, 0.1) is 17.4 Å². The lowest BCUT2D eigenvalue weighted by atomic mass is 9.78. The molecule has 0 spiro atoms. The summed E-state index contributed by atoms with van der Waals surface area (Å²) in [6.45, 7) is 2.21. The van der Waals surface area contributed by atoms with Crippen molar-refractivity contribution in [2.24, 2.45) is 17.8 Å². The molecule has 3 aliphatic rings. The lowest BCUT2D eigenvalue weighted by Gasteiger charge is -2.27. The zero-order valence-electron chi connectivity index (χ0n) is 16.3. The van der Waals surface area contributed by atoms with Crippen LogP contribution in [0, 0.1) is 17.8 Å². The number of carbonyl (C=O) groups excluding carboxylic acids is 2. The van der Waals surface area contributed by atoms with Crippen LogP contribution in [0.25, 0.3) is 0 Å². The largest absolute Gasteiger partial charge is 0.481 e. The Labute approximate surface area is 169 Å². The summed E-state index contributed by atoms with van der Waals surface area (Å²) in [7, 11) is 0. The Morgan fingerprint density at radius 3 is 2.43 bits per heavy atom. The van der Waals surface area contributed by atoms with Crippen LogP contribution in [-0.2, 0) is 22.4 Å². The van der Waals surface area contributed by atoms with Crippen molar-refractivity contribution in [2.45, 2.75) is 70.8 Å². The lowest BCUT2D eigenvalue weighted by molar-refractivity contribution is -0.147. The Balaban J connectivity index is 1.60. The highest BCUT2D eigenvalue weighted by molar-refractivity contribution is 7.17. The maximum Gasteiger partial charge on any atom is 0.307 e. The molecule has 1 heterocycles. The molecule has 3 atom stereocenters. The highest BCUT2D eigenvalue weighted by Crippen LogP contribution is 2.41. The van der Waals surface area contributed by atoms with Gasteiger partial charge in [0.15, 0.2) is 0 Å². The van der Waals surface area contributed by atoms with E-state index in [1.165, 1.54) is 16.2 Å². The highest BCUT2D eigenvalue weighted by atomic mass is 32.1. The van der Waals surface area contributed by atoms with E-state index in [9.17, 15) is 19.5 Å². The molecule has 2 amide bonds. The van der Waals surface area contributed by atoms with E-state index in [2.05, 4.69) is 17.6 Å². The van der Waals surface area contributed by atoms with E-state index in [1.807, 2.05) is 0 Å². The first-order chi connectivity index (χ1) is 13.4.